The second-order valence-electron chi connectivity index (χ2n) is 5.83. The lowest BCUT2D eigenvalue weighted by molar-refractivity contribution is -0.105. The third-order valence-corrected chi connectivity index (χ3v) is 4.21. The zero-order chi connectivity index (χ0) is 18.1. The lowest BCUT2D eigenvalue weighted by Gasteiger charge is -2.07. The quantitative estimate of drug-likeness (QED) is 0.389. The number of nitrogens with one attached hydrogen (secondary N) is 1. The van der Waals surface area contributed by atoms with Crippen LogP contribution in [0.1, 0.15) is 0 Å². The first-order valence-corrected chi connectivity index (χ1v) is 7.96. The first-order chi connectivity index (χ1) is 12.7. The van der Waals surface area contributed by atoms with Crippen molar-refractivity contribution in [1.82, 2.24) is 9.38 Å². The molecule has 0 atom stereocenters. The Morgan fingerprint density at radius 3 is 2.58 bits per heavy atom. The Bertz CT molecular complexity index is 1120. The number of carbonyl (C=O) groups is 1. The van der Waals surface area contributed by atoms with E-state index in [1.807, 2.05) is 47.0 Å². The largest absolute Gasteiger partial charge is 0.504 e. The van der Waals surface area contributed by atoms with Crippen molar-refractivity contribution in [2.45, 2.75) is 0 Å². The average molecular weight is 345 g/mol. The summed E-state index contributed by atoms with van der Waals surface area (Å²) < 4.78 is 1.95. The number of phenols is 2. The summed E-state index contributed by atoms with van der Waals surface area (Å²) in [6.45, 7) is 0. The number of aromatic hydroxyl groups is 2. The summed E-state index contributed by atoms with van der Waals surface area (Å²) >= 11 is 0. The Morgan fingerprint density at radius 1 is 0.923 bits per heavy atom. The molecule has 0 aliphatic rings. The summed E-state index contributed by atoms with van der Waals surface area (Å²) in [6, 6.07) is 16.0. The smallest absolute Gasteiger partial charge is 0.211 e. The van der Waals surface area contributed by atoms with Gasteiger partial charge in [0, 0.05) is 17.4 Å². The van der Waals surface area contributed by atoms with E-state index in [9.17, 15) is 15.0 Å². The lowest BCUT2D eigenvalue weighted by atomic mass is 10.1. The molecular formula is C20H15N3O3. The molecule has 0 saturated carbocycles. The molecule has 1 amide bonds. The Balaban J connectivity index is 1.77. The molecule has 26 heavy (non-hydrogen) atoms. The van der Waals surface area contributed by atoms with Gasteiger partial charge in [-0.25, -0.2) is 4.98 Å². The van der Waals surface area contributed by atoms with Crippen LogP contribution in [0.3, 0.4) is 0 Å². The molecule has 0 fully saturated rings. The zero-order valence-electron chi connectivity index (χ0n) is 13.6. The predicted molar refractivity (Wildman–Crippen MR) is 99.1 cm³/mol. The minimum Gasteiger partial charge on any atom is -0.504 e. The highest BCUT2D eigenvalue weighted by molar-refractivity contribution is 5.76. The number of benzene rings is 2. The van der Waals surface area contributed by atoms with Crippen molar-refractivity contribution in [2.24, 2.45) is 0 Å². The fourth-order valence-electron chi connectivity index (χ4n) is 2.91. The van der Waals surface area contributed by atoms with Gasteiger partial charge in [0.15, 0.2) is 11.5 Å². The van der Waals surface area contributed by atoms with Crippen LogP contribution in [-0.2, 0) is 4.79 Å². The molecule has 4 rings (SSSR count). The number of aromatic nitrogens is 2. The average Bonchev–Trinajstić information content (AvgIpc) is 3.08. The van der Waals surface area contributed by atoms with Crippen molar-refractivity contribution in [2.75, 3.05) is 5.32 Å². The summed E-state index contributed by atoms with van der Waals surface area (Å²) in [7, 11) is 0. The molecule has 4 aromatic rings. The predicted octanol–water partition coefficient (Wildman–Crippen LogP) is 3.65. The van der Waals surface area contributed by atoms with Gasteiger partial charge in [-0.3, -0.25) is 9.20 Å². The van der Waals surface area contributed by atoms with E-state index in [-0.39, 0.29) is 11.5 Å². The summed E-state index contributed by atoms with van der Waals surface area (Å²) in [5.41, 5.74) is 4.95. The van der Waals surface area contributed by atoms with Crippen molar-refractivity contribution >= 4 is 17.7 Å². The number of phenolic OH excluding ortho intramolecular Hbond substituents is 2. The Morgan fingerprint density at radius 2 is 1.77 bits per heavy atom. The van der Waals surface area contributed by atoms with E-state index >= 15 is 0 Å². The second kappa shape index (κ2) is 6.25. The molecule has 0 spiro atoms. The number of rotatable bonds is 4. The van der Waals surface area contributed by atoms with Crippen LogP contribution in [0, 0.1) is 0 Å². The lowest BCUT2D eigenvalue weighted by Crippen LogP contribution is -1.94. The third-order valence-electron chi connectivity index (χ3n) is 4.21. The maximum atomic E-state index is 10.6. The summed E-state index contributed by atoms with van der Waals surface area (Å²) in [6.07, 6.45) is 4.32. The fraction of sp³-hybridized carbons (Fsp3) is 0. The van der Waals surface area contributed by atoms with Crippen molar-refractivity contribution < 1.29 is 15.0 Å². The van der Waals surface area contributed by atoms with Gasteiger partial charge in [0.2, 0.25) is 6.41 Å². The van der Waals surface area contributed by atoms with Crippen LogP contribution in [0.4, 0.5) is 5.69 Å². The van der Waals surface area contributed by atoms with Crippen LogP contribution in [-0.4, -0.2) is 26.0 Å². The number of anilines is 1. The number of hydrogen-bond acceptors (Lipinski definition) is 4. The van der Waals surface area contributed by atoms with Gasteiger partial charge < -0.3 is 15.5 Å². The van der Waals surface area contributed by atoms with Gasteiger partial charge in [-0.2, -0.15) is 0 Å². The Kier molecular flexibility index (Phi) is 3.78. The summed E-state index contributed by atoms with van der Waals surface area (Å²) in [5.74, 6) is -0.312. The molecule has 0 unspecified atom stereocenters. The van der Waals surface area contributed by atoms with Crippen LogP contribution in [0.25, 0.3) is 28.0 Å². The van der Waals surface area contributed by atoms with E-state index in [1.54, 1.807) is 12.3 Å². The molecule has 0 aliphatic heterocycles. The summed E-state index contributed by atoms with van der Waals surface area (Å²) in [5, 5.41) is 21.8. The molecule has 2 heterocycles. The van der Waals surface area contributed by atoms with E-state index in [1.165, 1.54) is 12.1 Å². The maximum absolute atomic E-state index is 10.6. The fourth-order valence-corrected chi connectivity index (χ4v) is 2.91. The van der Waals surface area contributed by atoms with E-state index in [2.05, 4.69) is 10.3 Å². The van der Waals surface area contributed by atoms with Crippen LogP contribution in [0.5, 0.6) is 11.5 Å². The minimum atomic E-state index is -0.161. The molecule has 0 bridgehead atoms. The minimum absolute atomic E-state index is 0.151. The molecule has 0 aliphatic carbocycles. The highest BCUT2D eigenvalue weighted by atomic mass is 16.3. The standard InChI is InChI=1S/C20H15N3O3/c24-12-22-16-3-1-2-15(8-16)17-11-21-20-10-14(6-7-23(17)20)13-4-5-18(25)19(26)9-13/h1-12,25-26H,(H,22,24). The SMILES string of the molecule is O=CNc1cccc(-c2cnc3cc(-c4ccc(O)c(O)c4)ccn23)c1. The summed E-state index contributed by atoms with van der Waals surface area (Å²) in [4.78, 5) is 15.1. The molecule has 128 valence electrons. The normalized spacial score (nSPS) is 10.8. The van der Waals surface area contributed by atoms with Crippen LogP contribution >= 0.6 is 0 Å². The zero-order valence-corrected chi connectivity index (χ0v) is 13.6. The Labute approximate surface area is 149 Å². The highest BCUT2D eigenvalue weighted by Crippen LogP contribution is 2.31. The number of amides is 1. The second-order valence-corrected chi connectivity index (χ2v) is 5.83. The molecule has 2 aromatic carbocycles. The van der Waals surface area contributed by atoms with Crippen LogP contribution < -0.4 is 5.32 Å². The molecule has 6 nitrogen and oxygen atoms in total. The number of nitrogens with zero attached hydrogens (tertiary/aromatic N) is 2. The first-order valence-electron chi connectivity index (χ1n) is 7.96. The van der Waals surface area contributed by atoms with Gasteiger partial charge in [0.1, 0.15) is 5.65 Å². The molecule has 2 aromatic heterocycles. The number of fused-ring (bicyclic) bond motifs is 1. The third kappa shape index (κ3) is 2.73. The van der Waals surface area contributed by atoms with Crippen LogP contribution in [0.2, 0.25) is 0 Å². The Hall–Kier alpha value is -3.80. The van der Waals surface area contributed by atoms with Gasteiger partial charge in [-0.15, -0.1) is 0 Å². The van der Waals surface area contributed by atoms with E-state index in [0.29, 0.717) is 12.1 Å². The van der Waals surface area contributed by atoms with Gasteiger partial charge in [0.25, 0.3) is 0 Å². The van der Waals surface area contributed by atoms with Crippen molar-refractivity contribution in [1.29, 1.82) is 0 Å². The van der Waals surface area contributed by atoms with Gasteiger partial charge in [0.05, 0.1) is 11.9 Å². The number of imidazole rings is 1. The number of hydrogen-bond donors (Lipinski definition) is 3. The number of carbonyl (C=O) groups excluding carboxylic acids is 1. The first kappa shape index (κ1) is 15.7. The van der Waals surface area contributed by atoms with Crippen molar-refractivity contribution in [3.05, 3.63) is 67.0 Å². The monoisotopic (exact) mass is 345 g/mol. The van der Waals surface area contributed by atoms with Gasteiger partial charge in [-0.05, 0) is 47.5 Å². The van der Waals surface area contributed by atoms with Gasteiger partial charge in [-0.1, -0.05) is 18.2 Å². The molecule has 6 heteroatoms. The van der Waals surface area contributed by atoms with Crippen molar-refractivity contribution in [3.63, 3.8) is 0 Å². The number of pyridine rings is 1. The molecule has 3 N–H and O–H groups in total. The molecule has 0 radical (unpaired) electrons. The van der Waals surface area contributed by atoms with Crippen LogP contribution in [0.15, 0.2) is 67.0 Å². The highest BCUT2D eigenvalue weighted by Gasteiger charge is 2.09. The molecule has 0 saturated heterocycles. The molecular weight excluding hydrogens is 330 g/mol. The van der Waals surface area contributed by atoms with E-state index < -0.39 is 0 Å². The maximum Gasteiger partial charge on any atom is 0.211 e. The van der Waals surface area contributed by atoms with E-state index in [4.69, 9.17) is 0 Å². The topological polar surface area (TPSA) is 86.9 Å². The van der Waals surface area contributed by atoms with Crippen molar-refractivity contribution in [3.8, 4) is 33.9 Å². The van der Waals surface area contributed by atoms with Gasteiger partial charge >= 0.3 is 0 Å². The van der Waals surface area contributed by atoms with E-state index in [0.717, 1.165) is 28.0 Å².